The highest BCUT2D eigenvalue weighted by Crippen LogP contribution is 1.91. The molecule has 0 radical (unpaired) electrons. The van der Waals surface area contributed by atoms with E-state index < -0.39 is 11.9 Å². The van der Waals surface area contributed by atoms with Gasteiger partial charge in [0.1, 0.15) is 11.9 Å². The van der Waals surface area contributed by atoms with E-state index in [1.807, 2.05) is 0 Å². The van der Waals surface area contributed by atoms with Crippen molar-refractivity contribution in [1.29, 1.82) is 0 Å². The van der Waals surface area contributed by atoms with Crippen LogP contribution in [0.1, 0.15) is 12.8 Å². The molecule has 0 bridgehead atoms. The van der Waals surface area contributed by atoms with Crippen molar-refractivity contribution < 1.29 is 29.0 Å². The molecule has 0 heterocycles. The SMILES string of the molecule is O=C=CCC(=O)OOC(=O)CC=C=O. The number of carbonyl (C=O) groups is 2. The third kappa shape index (κ3) is 6.54. The van der Waals surface area contributed by atoms with Crippen LogP contribution in [-0.4, -0.2) is 23.8 Å². The largest absolute Gasteiger partial charge is 0.360 e. The topological polar surface area (TPSA) is 86.7 Å². The number of carbonyl (C=O) groups excluding carboxylic acids is 4. The minimum atomic E-state index is -0.906. The molecule has 0 unspecified atom stereocenters. The minimum Gasteiger partial charge on any atom is -0.247 e. The molecule has 0 fully saturated rings. The van der Waals surface area contributed by atoms with E-state index in [0.717, 1.165) is 12.2 Å². The van der Waals surface area contributed by atoms with Crippen molar-refractivity contribution >= 4 is 23.8 Å². The van der Waals surface area contributed by atoms with Gasteiger partial charge in [0.25, 0.3) is 0 Å². The van der Waals surface area contributed by atoms with Gasteiger partial charge in [0, 0.05) is 12.2 Å². The molecule has 14 heavy (non-hydrogen) atoms. The molecule has 0 rings (SSSR count). The average Bonchev–Trinajstić information content (AvgIpc) is 2.20. The summed E-state index contributed by atoms with van der Waals surface area (Å²) in [7, 11) is 0. The molecular formula is C8H6O6. The van der Waals surface area contributed by atoms with E-state index in [1.165, 1.54) is 11.9 Å². The molecule has 74 valence electrons. The molecule has 0 aliphatic carbocycles. The second-order valence-corrected chi connectivity index (χ2v) is 1.96. The second kappa shape index (κ2) is 7.49. The Kier molecular flexibility index (Phi) is 6.33. The maximum Gasteiger partial charge on any atom is 0.360 e. The highest BCUT2D eigenvalue weighted by atomic mass is 17.2. The predicted octanol–water partition coefficient (Wildman–Crippen LogP) is -0.456. The van der Waals surface area contributed by atoms with Crippen LogP contribution in [0.3, 0.4) is 0 Å². The Morgan fingerprint density at radius 2 is 1.29 bits per heavy atom. The quantitative estimate of drug-likeness (QED) is 0.345. The van der Waals surface area contributed by atoms with Gasteiger partial charge in [0.15, 0.2) is 0 Å². The van der Waals surface area contributed by atoms with Gasteiger partial charge in [-0.2, -0.15) is 0 Å². The van der Waals surface area contributed by atoms with E-state index in [1.54, 1.807) is 0 Å². The van der Waals surface area contributed by atoms with Crippen LogP contribution in [0.15, 0.2) is 12.2 Å². The fourth-order valence-corrected chi connectivity index (χ4v) is 0.411. The molecule has 0 aromatic carbocycles. The lowest BCUT2D eigenvalue weighted by Gasteiger charge is -1.98. The van der Waals surface area contributed by atoms with Crippen LogP contribution in [0.4, 0.5) is 0 Å². The van der Waals surface area contributed by atoms with Crippen molar-refractivity contribution in [2.45, 2.75) is 12.8 Å². The Bertz CT molecular complexity index is 274. The number of rotatable bonds is 4. The van der Waals surface area contributed by atoms with Crippen molar-refractivity contribution in [1.82, 2.24) is 0 Å². The van der Waals surface area contributed by atoms with Gasteiger partial charge in [-0.15, -0.1) is 0 Å². The molecule has 0 aromatic rings. The standard InChI is InChI=1S/C8H6O6/c9-5-1-3-7(11)13-14-8(12)4-2-6-10/h1-2H,3-4H2. The Balaban J connectivity index is 3.71. The van der Waals surface area contributed by atoms with Crippen molar-refractivity contribution in [2.75, 3.05) is 0 Å². The van der Waals surface area contributed by atoms with Crippen LogP contribution in [0.25, 0.3) is 0 Å². The molecule has 0 aromatic heterocycles. The van der Waals surface area contributed by atoms with Gasteiger partial charge < -0.3 is 0 Å². The molecule has 0 N–H and O–H groups in total. The molecule has 0 aliphatic rings. The van der Waals surface area contributed by atoms with E-state index in [2.05, 4.69) is 9.78 Å². The third-order valence-corrected chi connectivity index (χ3v) is 0.932. The summed E-state index contributed by atoms with van der Waals surface area (Å²) in [6, 6.07) is 0. The fourth-order valence-electron chi connectivity index (χ4n) is 0.411. The van der Waals surface area contributed by atoms with Gasteiger partial charge >= 0.3 is 11.9 Å². The van der Waals surface area contributed by atoms with Crippen molar-refractivity contribution in [3.05, 3.63) is 12.2 Å². The molecule has 0 atom stereocenters. The summed E-state index contributed by atoms with van der Waals surface area (Å²) in [5.41, 5.74) is 0. The van der Waals surface area contributed by atoms with Gasteiger partial charge in [0.2, 0.25) is 0 Å². The summed E-state index contributed by atoms with van der Waals surface area (Å²) in [6.07, 6.45) is 1.09. The fraction of sp³-hybridized carbons (Fsp3) is 0.250. The van der Waals surface area contributed by atoms with E-state index in [0.29, 0.717) is 0 Å². The highest BCUT2D eigenvalue weighted by Gasteiger charge is 2.06. The van der Waals surface area contributed by atoms with E-state index in [-0.39, 0.29) is 12.8 Å². The summed E-state index contributed by atoms with van der Waals surface area (Å²) in [6.45, 7) is 0. The van der Waals surface area contributed by atoms with Gasteiger partial charge in [-0.05, 0) is 0 Å². The van der Waals surface area contributed by atoms with Gasteiger partial charge in [0.05, 0.1) is 12.8 Å². The maximum atomic E-state index is 10.6. The van der Waals surface area contributed by atoms with Gasteiger partial charge in [-0.3, -0.25) is 0 Å². The smallest absolute Gasteiger partial charge is 0.247 e. The predicted molar refractivity (Wildman–Crippen MR) is 41.9 cm³/mol. The van der Waals surface area contributed by atoms with Crippen LogP contribution in [0.2, 0.25) is 0 Å². The normalized spacial score (nSPS) is 7.71. The van der Waals surface area contributed by atoms with E-state index >= 15 is 0 Å². The second-order valence-electron chi connectivity index (χ2n) is 1.96. The third-order valence-electron chi connectivity index (χ3n) is 0.932. The zero-order valence-corrected chi connectivity index (χ0v) is 7.02. The Morgan fingerprint density at radius 1 is 0.929 bits per heavy atom. The van der Waals surface area contributed by atoms with Crippen molar-refractivity contribution in [3.63, 3.8) is 0 Å². The summed E-state index contributed by atoms with van der Waals surface area (Å²) in [5, 5.41) is 0. The monoisotopic (exact) mass is 198 g/mol. The maximum absolute atomic E-state index is 10.6. The first kappa shape index (κ1) is 11.8. The first-order chi connectivity index (χ1) is 6.70. The highest BCUT2D eigenvalue weighted by molar-refractivity contribution is 5.76. The van der Waals surface area contributed by atoms with E-state index in [9.17, 15) is 19.2 Å². The Hall–Kier alpha value is -2.16. The lowest BCUT2D eigenvalue weighted by molar-refractivity contribution is -0.257. The first-order valence-electron chi connectivity index (χ1n) is 3.49. The minimum absolute atomic E-state index is 0.333. The van der Waals surface area contributed by atoms with Crippen LogP contribution in [0.5, 0.6) is 0 Å². The van der Waals surface area contributed by atoms with Crippen LogP contribution in [-0.2, 0) is 29.0 Å². The molecular weight excluding hydrogens is 192 g/mol. The Morgan fingerprint density at radius 3 is 1.57 bits per heavy atom. The van der Waals surface area contributed by atoms with Crippen LogP contribution < -0.4 is 0 Å². The summed E-state index contributed by atoms with van der Waals surface area (Å²) < 4.78 is 0. The van der Waals surface area contributed by atoms with Crippen molar-refractivity contribution in [3.8, 4) is 0 Å². The lowest BCUT2D eigenvalue weighted by Crippen LogP contribution is -2.09. The molecule has 6 heteroatoms. The van der Waals surface area contributed by atoms with Crippen LogP contribution >= 0.6 is 0 Å². The summed E-state index contributed by atoms with van der Waals surface area (Å²) >= 11 is 0. The van der Waals surface area contributed by atoms with E-state index in [4.69, 9.17) is 0 Å². The molecule has 6 nitrogen and oxygen atoms in total. The van der Waals surface area contributed by atoms with Crippen LogP contribution in [0, 0.1) is 0 Å². The first-order valence-corrected chi connectivity index (χ1v) is 3.49. The lowest BCUT2D eigenvalue weighted by atomic mass is 10.4. The summed E-state index contributed by atoms with van der Waals surface area (Å²) in [5.74, 6) is 0.882. The zero-order chi connectivity index (χ0) is 10.8. The summed E-state index contributed by atoms with van der Waals surface area (Å²) in [4.78, 5) is 48.4. The molecule has 0 aliphatic heterocycles. The zero-order valence-electron chi connectivity index (χ0n) is 7.02. The van der Waals surface area contributed by atoms with Gasteiger partial charge in [-0.1, -0.05) is 0 Å². The Labute approximate surface area is 78.7 Å². The average molecular weight is 198 g/mol. The molecule has 0 saturated heterocycles. The van der Waals surface area contributed by atoms with Crippen molar-refractivity contribution in [2.24, 2.45) is 0 Å². The molecule has 0 spiro atoms. The van der Waals surface area contributed by atoms with Gasteiger partial charge in [-0.25, -0.2) is 29.0 Å². The number of hydrogen-bond acceptors (Lipinski definition) is 6. The molecule has 0 amide bonds. The molecule has 0 saturated carbocycles. The number of hydrogen-bond donors (Lipinski definition) is 0.